The maximum absolute atomic E-state index is 11.3. The van der Waals surface area contributed by atoms with E-state index in [9.17, 15) is 4.79 Å². The molecule has 1 aliphatic carbocycles. The van der Waals surface area contributed by atoms with Gasteiger partial charge in [-0.1, -0.05) is 49.7 Å². The molecule has 0 saturated carbocycles. The van der Waals surface area contributed by atoms with Crippen LogP contribution in [0.5, 0.6) is 5.75 Å². The number of carbonyl (C=O) groups is 1. The second kappa shape index (κ2) is 6.84. The maximum atomic E-state index is 11.3. The molecule has 0 saturated heterocycles. The predicted octanol–water partition coefficient (Wildman–Crippen LogP) is 5.51. The lowest BCUT2D eigenvalue weighted by atomic mass is 9.87. The van der Waals surface area contributed by atoms with Crippen molar-refractivity contribution in [2.45, 2.75) is 46.3 Å². The third-order valence-corrected chi connectivity index (χ3v) is 4.94. The van der Waals surface area contributed by atoms with Gasteiger partial charge in [-0.05, 0) is 54.7 Å². The SMILES string of the molecule is CC(C)Oc1ccc(-c2ccc3c(c2)CC(C)(C)[C@H]3OC(N)=O)cc1Cl. The van der Waals surface area contributed by atoms with E-state index in [1.165, 1.54) is 0 Å². The first-order chi connectivity index (χ1) is 12.2. The van der Waals surface area contributed by atoms with E-state index in [0.29, 0.717) is 10.8 Å². The first-order valence-corrected chi connectivity index (χ1v) is 9.10. The molecule has 2 aromatic rings. The Hall–Kier alpha value is -2.20. The smallest absolute Gasteiger partial charge is 0.405 e. The van der Waals surface area contributed by atoms with E-state index in [4.69, 9.17) is 26.8 Å². The Morgan fingerprint density at radius 3 is 2.46 bits per heavy atom. The molecule has 3 rings (SSSR count). The van der Waals surface area contributed by atoms with E-state index in [1.807, 2.05) is 44.2 Å². The van der Waals surface area contributed by atoms with E-state index in [2.05, 4.69) is 19.9 Å². The molecule has 0 bridgehead atoms. The summed E-state index contributed by atoms with van der Waals surface area (Å²) in [5.41, 5.74) is 9.32. The minimum absolute atomic E-state index is 0.0720. The molecule has 1 atom stereocenters. The molecule has 0 aliphatic heterocycles. The second-order valence-electron chi connectivity index (χ2n) is 7.71. The molecular weight excluding hydrogens is 350 g/mol. The highest BCUT2D eigenvalue weighted by Gasteiger charge is 2.41. The molecule has 0 spiro atoms. The van der Waals surface area contributed by atoms with Gasteiger partial charge in [0.2, 0.25) is 0 Å². The lowest BCUT2D eigenvalue weighted by Crippen LogP contribution is -2.25. The van der Waals surface area contributed by atoms with Crippen LogP contribution in [0, 0.1) is 5.41 Å². The van der Waals surface area contributed by atoms with E-state index in [-0.39, 0.29) is 17.6 Å². The van der Waals surface area contributed by atoms with Crippen LogP contribution in [0.2, 0.25) is 5.02 Å². The molecule has 0 aromatic heterocycles. The molecule has 0 unspecified atom stereocenters. The molecule has 0 radical (unpaired) electrons. The topological polar surface area (TPSA) is 61.6 Å². The Balaban J connectivity index is 1.93. The van der Waals surface area contributed by atoms with Gasteiger partial charge in [-0.15, -0.1) is 0 Å². The summed E-state index contributed by atoms with van der Waals surface area (Å²) < 4.78 is 11.1. The van der Waals surface area contributed by atoms with Gasteiger partial charge in [-0.3, -0.25) is 0 Å². The number of halogens is 1. The van der Waals surface area contributed by atoms with E-state index >= 15 is 0 Å². The van der Waals surface area contributed by atoms with Crippen molar-refractivity contribution >= 4 is 17.7 Å². The maximum Gasteiger partial charge on any atom is 0.405 e. The highest BCUT2D eigenvalue weighted by Crippen LogP contribution is 2.48. The van der Waals surface area contributed by atoms with Crippen LogP contribution >= 0.6 is 11.6 Å². The fourth-order valence-electron chi connectivity index (χ4n) is 3.57. The summed E-state index contributed by atoms with van der Waals surface area (Å²) in [6, 6.07) is 12.0. The normalized spacial score (nSPS) is 17.8. The summed E-state index contributed by atoms with van der Waals surface area (Å²) in [7, 11) is 0. The number of hydrogen-bond donors (Lipinski definition) is 1. The molecule has 2 aromatic carbocycles. The molecule has 138 valence electrons. The van der Waals surface area contributed by atoms with E-state index in [1.54, 1.807) is 0 Å². The van der Waals surface area contributed by atoms with E-state index in [0.717, 1.165) is 28.7 Å². The average Bonchev–Trinajstić information content (AvgIpc) is 2.78. The quantitative estimate of drug-likeness (QED) is 0.768. The predicted molar refractivity (Wildman–Crippen MR) is 104 cm³/mol. The molecule has 1 amide bonds. The first-order valence-electron chi connectivity index (χ1n) is 8.73. The van der Waals surface area contributed by atoms with Gasteiger partial charge in [-0.2, -0.15) is 0 Å². The summed E-state index contributed by atoms with van der Waals surface area (Å²) in [6.07, 6.45) is -0.180. The number of fused-ring (bicyclic) bond motifs is 1. The largest absolute Gasteiger partial charge is 0.489 e. The van der Waals surface area contributed by atoms with Crippen molar-refractivity contribution in [1.82, 2.24) is 0 Å². The van der Waals surface area contributed by atoms with Crippen molar-refractivity contribution in [3.05, 3.63) is 52.5 Å². The fraction of sp³-hybridized carbons (Fsp3) is 0.381. The fourth-order valence-corrected chi connectivity index (χ4v) is 3.79. The van der Waals surface area contributed by atoms with Gasteiger partial charge in [0, 0.05) is 5.41 Å². The third-order valence-electron chi connectivity index (χ3n) is 4.64. The summed E-state index contributed by atoms with van der Waals surface area (Å²) in [5.74, 6) is 0.683. The summed E-state index contributed by atoms with van der Waals surface area (Å²) in [5, 5.41) is 0.590. The average molecular weight is 374 g/mol. The van der Waals surface area contributed by atoms with Crippen molar-refractivity contribution in [3.8, 4) is 16.9 Å². The molecule has 4 nitrogen and oxygen atoms in total. The van der Waals surface area contributed by atoms with Crippen molar-refractivity contribution < 1.29 is 14.3 Å². The zero-order valence-electron chi connectivity index (χ0n) is 15.5. The minimum atomic E-state index is -0.743. The summed E-state index contributed by atoms with van der Waals surface area (Å²) in [6.45, 7) is 8.10. The number of carbonyl (C=O) groups excluding carboxylic acids is 1. The van der Waals surface area contributed by atoms with Gasteiger partial charge in [0.25, 0.3) is 0 Å². The molecular formula is C21H24ClNO3. The van der Waals surface area contributed by atoms with Gasteiger partial charge in [-0.25, -0.2) is 4.79 Å². The number of ether oxygens (including phenoxy) is 2. The van der Waals surface area contributed by atoms with Crippen LogP contribution in [0.25, 0.3) is 11.1 Å². The molecule has 0 heterocycles. The van der Waals surface area contributed by atoms with E-state index < -0.39 is 6.09 Å². The Morgan fingerprint density at radius 2 is 1.85 bits per heavy atom. The number of amides is 1. The number of primary amides is 1. The number of benzene rings is 2. The zero-order chi connectivity index (χ0) is 19.1. The van der Waals surface area contributed by atoms with Crippen LogP contribution in [0.15, 0.2) is 36.4 Å². The van der Waals surface area contributed by atoms with Gasteiger partial charge in [0.15, 0.2) is 0 Å². The van der Waals surface area contributed by atoms with Crippen molar-refractivity contribution in [2.75, 3.05) is 0 Å². The monoisotopic (exact) mass is 373 g/mol. The Morgan fingerprint density at radius 1 is 1.19 bits per heavy atom. The number of nitrogens with two attached hydrogens (primary N) is 1. The van der Waals surface area contributed by atoms with Crippen LogP contribution < -0.4 is 10.5 Å². The van der Waals surface area contributed by atoms with Gasteiger partial charge < -0.3 is 15.2 Å². The number of hydrogen-bond acceptors (Lipinski definition) is 3. The Bertz CT molecular complexity index is 845. The van der Waals surface area contributed by atoms with Crippen molar-refractivity contribution in [1.29, 1.82) is 0 Å². The van der Waals surface area contributed by atoms with Gasteiger partial charge in [0.05, 0.1) is 11.1 Å². The molecule has 5 heteroatoms. The van der Waals surface area contributed by atoms with Crippen LogP contribution in [0.4, 0.5) is 4.79 Å². The highest BCUT2D eigenvalue weighted by atomic mass is 35.5. The lowest BCUT2D eigenvalue weighted by Gasteiger charge is -2.26. The summed E-state index contributed by atoms with van der Waals surface area (Å²) in [4.78, 5) is 11.3. The van der Waals surface area contributed by atoms with Crippen LogP contribution in [0.3, 0.4) is 0 Å². The van der Waals surface area contributed by atoms with Crippen LogP contribution in [-0.2, 0) is 11.2 Å². The minimum Gasteiger partial charge on any atom is -0.489 e. The second-order valence-corrected chi connectivity index (χ2v) is 8.11. The highest BCUT2D eigenvalue weighted by molar-refractivity contribution is 6.32. The zero-order valence-corrected chi connectivity index (χ0v) is 16.3. The molecule has 26 heavy (non-hydrogen) atoms. The first kappa shape index (κ1) is 18.6. The standard InChI is InChI=1S/C21H24ClNO3/c1-12(2)25-18-8-6-14(10-17(18)22)13-5-7-16-15(9-13)11-21(3,4)19(16)26-20(23)24/h5-10,12,19H,11H2,1-4H3,(H2,23,24)/t19-/m0/s1. The van der Waals surface area contributed by atoms with Gasteiger partial charge in [0.1, 0.15) is 11.9 Å². The number of rotatable bonds is 4. The van der Waals surface area contributed by atoms with Gasteiger partial charge >= 0.3 is 6.09 Å². The third kappa shape index (κ3) is 3.65. The van der Waals surface area contributed by atoms with Crippen molar-refractivity contribution in [3.63, 3.8) is 0 Å². The van der Waals surface area contributed by atoms with Crippen molar-refractivity contribution in [2.24, 2.45) is 11.1 Å². The lowest BCUT2D eigenvalue weighted by molar-refractivity contribution is 0.0392. The van der Waals surface area contributed by atoms with Crippen LogP contribution in [-0.4, -0.2) is 12.2 Å². The Kier molecular flexibility index (Phi) is 4.89. The Labute approximate surface area is 159 Å². The van der Waals surface area contributed by atoms with Crippen LogP contribution in [0.1, 0.15) is 44.9 Å². The molecule has 0 fully saturated rings. The molecule has 2 N–H and O–H groups in total. The summed E-state index contributed by atoms with van der Waals surface area (Å²) >= 11 is 6.37. The molecule has 1 aliphatic rings.